The number of hydrogen-bond donors (Lipinski definition) is 0. The van der Waals surface area contributed by atoms with Gasteiger partial charge in [-0.15, -0.1) is 0 Å². The fourth-order valence-corrected chi connectivity index (χ4v) is 3.02. The minimum absolute atomic E-state index is 0.0602. The molecule has 0 radical (unpaired) electrons. The van der Waals surface area contributed by atoms with E-state index in [-0.39, 0.29) is 17.4 Å². The highest BCUT2D eigenvalue weighted by Crippen LogP contribution is 2.27. The van der Waals surface area contributed by atoms with Crippen molar-refractivity contribution in [1.82, 2.24) is 15.0 Å². The Labute approximate surface area is 148 Å². The van der Waals surface area contributed by atoms with Gasteiger partial charge >= 0.3 is 0 Å². The fraction of sp³-hybridized carbons (Fsp3) is 0.526. The number of likely N-dealkylation sites (tertiary alicyclic amines) is 1. The van der Waals surface area contributed by atoms with Crippen LogP contribution in [0, 0.1) is 6.92 Å². The van der Waals surface area contributed by atoms with Crippen LogP contribution in [0.1, 0.15) is 61.6 Å². The van der Waals surface area contributed by atoms with Gasteiger partial charge in [0, 0.05) is 31.5 Å². The van der Waals surface area contributed by atoms with E-state index in [2.05, 4.69) is 10.1 Å². The average Bonchev–Trinajstić information content (AvgIpc) is 3.00. The maximum atomic E-state index is 12.7. The summed E-state index contributed by atoms with van der Waals surface area (Å²) in [6.07, 6.45) is 1.71. The van der Waals surface area contributed by atoms with Crippen molar-refractivity contribution >= 4 is 5.91 Å². The van der Waals surface area contributed by atoms with Crippen molar-refractivity contribution in [3.63, 3.8) is 0 Å². The van der Waals surface area contributed by atoms with Crippen LogP contribution in [0.25, 0.3) is 0 Å². The zero-order chi connectivity index (χ0) is 18.0. The molecule has 2 aromatic rings. The van der Waals surface area contributed by atoms with E-state index in [0.29, 0.717) is 24.5 Å². The molecule has 0 atom stereocenters. The third kappa shape index (κ3) is 4.38. The van der Waals surface area contributed by atoms with Gasteiger partial charge in [0.2, 0.25) is 5.89 Å². The summed E-state index contributed by atoms with van der Waals surface area (Å²) in [4.78, 5) is 18.9. The van der Waals surface area contributed by atoms with Gasteiger partial charge in [0.25, 0.3) is 5.91 Å². The summed E-state index contributed by atoms with van der Waals surface area (Å²) < 4.78 is 10.9. The minimum Gasteiger partial charge on any atom is -0.488 e. The summed E-state index contributed by atoms with van der Waals surface area (Å²) in [6.45, 7) is 9.21. The summed E-state index contributed by atoms with van der Waals surface area (Å²) in [5.74, 6) is 2.45. The third-order valence-corrected chi connectivity index (χ3v) is 4.22. The van der Waals surface area contributed by atoms with Crippen molar-refractivity contribution in [3.8, 4) is 5.75 Å². The lowest BCUT2D eigenvalue weighted by atomic mass is 9.95. The van der Waals surface area contributed by atoms with Gasteiger partial charge in [-0.2, -0.15) is 4.98 Å². The third-order valence-electron chi connectivity index (χ3n) is 4.22. The molecule has 134 valence electrons. The van der Waals surface area contributed by atoms with E-state index < -0.39 is 0 Å². The largest absolute Gasteiger partial charge is 0.488 e. The summed E-state index contributed by atoms with van der Waals surface area (Å²) in [5, 5.41) is 4.00. The summed E-state index contributed by atoms with van der Waals surface area (Å²) in [5.41, 5.74) is 0.441. The van der Waals surface area contributed by atoms with Crippen LogP contribution in [0.5, 0.6) is 5.75 Å². The number of ether oxygens (including phenoxy) is 1. The SMILES string of the molecule is Cc1nc(C2CCN(C(=O)c3ccc(OC(C)(C)C)cc3)CC2)no1. The number of aryl methyl sites for hydroxylation is 1. The Morgan fingerprint density at radius 1 is 1.20 bits per heavy atom. The monoisotopic (exact) mass is 343 g/mol. The number of aromatic nitrogens is 2. The number of carbonyl (C=O) groups excluding carboxylic acids is 1. The highest BCUT2D eigenvalue weighted by molar-refractivity contribution is 5.94. The molecule has 0 aliphatic carbocycles. The minimum atomic E-state index is -0.249. The number of hydrogen-bond acceptors (Lipinski definition) is 5. The molecule has 6 nitrogen and oxygen atoms in total. The van der Waals surface area contributed by atoms with Crippen LogP contribution in [0.4, 0.5) is 0 Å². The predicted octanol–water partition coefficient (Wildman–Crippen LogP) is 3.58. The summed E-state index contributed by atoms with van der Waals surface area (Å²) in [7, 11) is 0. The Morgan fingerprint density at radius 3 is 2.36 bits per heavy atom. The lowest BCUT2D eigenvalue weighted by Gasteiger charge is -2.30. The molecule has 6 heteroatoms. The number of nitrogens with zero attached hydrogens (tertiary/aromatic N) is 3. The molecule has 1 amide bonds. The molecule has 0 unspecified atom stereocenters. The van der Waals surface area contributed by atoms with Crippen molar-refractivity contribution in [3.05, 3.63) is 41.5 Å². The first kappa shape index (κ1) is 17.5. The van der Waals surface area contributed by atoms with Crippen LogP contribution in [0.15, 0.2) is 28.8 Å². The Kier molecular flexibility index (Phi) is 4.79. The van der Waals surface area contributed by atoms with Crippen molar-refractivity contribution in [1.29, 1.82) is 0 Å². The van der Waals surface area contributed by atoms with Crippen LogP contribution >= 0.6 is 0 Å². The van der Waals surface area contributed by atoms with E-state index in [1.165, 1.54) is 0 Å². The Morgan fingerprint density at radius 2 is 1.84 bits per heavy atom. The molecule has 1 aliphatic heterocycles. The van der Waals surface area contributed by atoms with E-state index in [1.54, 1.807) is 6.92 Å². The van der Waals surface area contributed by atoms with Gasteiger partial charge in [-0.1, -0.05) is 5.16 Å². The molecule has 0 saturated carbocycles. The van der Waals surface area contributed by atoms with Crippen molar-refractivity contribution in [2.45, 2.75) is 52.1 Å². The van der Waals surface area contributed by atoms with Crippen molar-refractivity contribution in [2.75, 3.05) is 13.1 Å². The van der Waals surface area contributed by atoms with Crippen LogP contribution in [0.3, 0.4) is 0 Å². The lowest BCUT2D eigenvalue weighted by molar-refractivity contribution is 0.0710. The zero-order valence-corrected chi connectivity index (χ0v) is 15.3. The zero-order valence-electron chi connectivity index (χ0n) is 15.3. The summed E-state index contributed by atoms with van der Waals surface area (Å²) >= 11 is 0. The first-order valence-electron chi connectivity index (χ1n) is 8.70. The molecule has 25 heavy (non-hydrogen) atoms. The smallest absolute Gasteiger partial charge is 0.253 e. The predicted molar refractivity (Wildman–Crippen MR) is 93.7 cm³/mol. The standard InChI is InChI=1S/C19H25N3O3/c1-13-20-17(21-25-13)14-9-11-22(12-10-14)18(23)15-5-7-16(8-6-15)24-19(2,3)4/h5-8,14H,9-12H2,1-4H3. The number of rotatable bonds is 3. The van der Waals surface area contributed by atoms with Gasteiger partial charge in [-0.25, -0.2) is 0 Å². The Bertz CT molecular complexity index is 723. The van der Waals surface area contributed by atoms with Crippen LogP contribution < -0.4 is 4.74 Å². The first-order valence-corrected chi connectivity index (χ1v) is 8.70. The molecule has 0 N–H and O–H groups in total. The maximum absolute atomic E-state index is 12.7. The van der Waals surface area contributed by atoms with Gasteiger partial charge in [0.05, 0.1) is 0 Å². The van der Waals surface area contributed by atoms with E-state index >= 15 is 0 Å². The molecule has 1 aromatic carbocycles. The number of amides is 1. The fourth-order valence-electron chi connectivity index (χ4n) is 3.02. The quantitative estimate of drug-likeness (QED) is 0.852. The Balaban J connectivity index is 1.59. The van der Waals surface area contributed by atoms with Gasteiger partial charge < -0.3 is 14.2 Å². The normalized spacial score (nSPS) is 16.1. The second-order valence-electron chi connectivity index (χ2n) is 7.48. The van der Waals surface area contributed by atoms with E-state index in [4.69, 9.17) is 9.26 Å². The molecule has 0 spiro atoms. The number of carbonyl (C=O) groups is 1. The molecular weight excluding hydrogens is 318 g/mol. The lowest BCUT2D eigenvalue weighted by Crippen LogP contribution is -2.38. The molecule has 1 saturated heterocycles. The molecule has 3 rings (SSSR count). The van der Waals surface area contributed by atoms with Gasteiger partial charge in [-0.3, -0.25) is 4.79 Å². The highest BCUT2D eigenvalue weighted by atomic mass is 16.5. The first-order chi connectivity index (χ1) is 11.8. The van der Waals surface area contributed by atoms with Crippen LogP contribution in [-0.4, -0.2) is 39.6 Å². The molecule has 1 aromatic heterocycles. The molecule has 0 bridgehead atoms. The number of benzene rings is 1. The van der Waals surface area contributed by atoms with Gasteiger partial charge in [-0.05, 0) is 57.9 Å². The Hall–Kier alpha value is -2.37. The molecule has 2 heterocycles. The van der Waals surface area contributed by atoms with Gasteiger partial charge in [0.15, 0.2) is 5.82 Å². The summed E-state index contributed by atoms with van der Waals surface area (Å²) in [6, 6.07) is 7.37. The van der Waals surface area contributed by atoms with E-state index in [1.807, 2.05) is 49.9 Å². The van der Waals surface area contributed by atoms with Gasteiger partial charge in [0.1, 0.15) is 11.4 Å². The maximum Gasteiger partial charge on any atom is 0.253 e. The second-order valence-corrected chi connectivity index (χ2v) is 7.48. The van der Waals surface area contributed by atoms with Crippen molar-refractivity contribution < 1.29 is 14.1 Å². The number of piperidine rings is 1. The topological polar surface area (TPSA) is 68.5 Å². The molecular formula is C19H25N3O3. The second kappa shape index (κ2) is 6.86. The van der Waals surface area contributed by atoms with E-state index in [0.717, 1.165) is 24.4 Å². The average molecular weight is 343 g/mol. The van der Waals surface area contributed by atoms with Crippen LogP contribution in [-0.2, 0) is 0 Å². The highest BCUT2D eigenvalue weighted by Gasteiger charge is 2.27. The van der Waals surface area contributed by atoms with E-state index in [9.17, 15) is 4.79 Å². The van der Waals surface area contributed by atoms with Crippen molar-refractivity contribution in [2.24, 2.45) is 0 Å². The van der Waals surface area contributed by atoms with Crippen LogP contribution in [0.2, 0.25) is 0 Å². The molecule has 1 aliphatic rings. The molecule has 1 fully saturated rings.